The third-order valence-electron chi connectivity index (χ3n) is 6.46. The molecule has 1 aromatic heterocycles. The summed E-state index contributed by atoms with van der Waals surface area (Å²) >= 11 is 0.736. The molecular weight excluding hydrogens is 531 g/mol. The first-order valence-corrected chi connectivity index (χ1v) is 13.1. The predicted octanol–water partition coefficient (Wildman–Crippen LogP) is 2.08. The Morgan fingerprint density at radius 3 is 1.66 bits per heavy atom. The maximum absolute atomic E-state index is 6.48. The minimum absolute atomic E-state index is 0. The van der Waals surface area contributed by atoms with E-state index in [2.05, 4.69) is 103 Å². The number of hydrogen-bond acceptors (Lipinski definition) is 3. The number of fused-ring (bicyclic) bond motifs is 7. The Morgan fingerprint density at radius 1 is 0.571 bits per heavy atom. The van der Waals surface area contributed by atoms with Gasteiger partial charge in [-0.2, -0.15) is 0 Å². The van der Waals surface area contributed by atoms with Crippen LogP contribution in [0.15, 0.2) is 103 Å². The summed E-state index contributed by atoms with van der Waals surface area (Å²) < 4.78 is 14.3. The predicted molar refractivity (Wildman–Crippen MR) is 132 cm³/mol. The quantitative estimate of drug-likeness (QED) is 0.293. The Kier molecular flexibility index (Phi) is 6.81. The van der Waals surface area contributed by atoms with Crippen LogP contribution in [0.1, 0.15) is 21.9 Å². The average Bonchev–Trinajstić information content (AvgIpc) is 3.28. The second kappa shape index (κ2) is 9.85. The summed E-state index contributed by atoms with van der Waals surface area (Å²) in [5.74, 6) is 1.97. The Hall–Kier alpha value is -2.53. The number of benzene rings is 5. The third-order valence-corrected chi connectivity index (χ3v) is 8.54. The van der Waals surface area contributed by atoms with Gasteiger partial charge in [0.1, 0.15) is 0 Å². The SMILES string of the molecule is [Cl-].[Cl-].c1ccc2sc(C3c4ccc5ccccc5c4[O][Ti+2][O]c4c3ccc3ccccc43)cc2c1. The van der Waals surface area contributed by atoms with Gasteiger partial charge in [0.05, 0.1) is 0 Å². The standard InChI is InChI=1S/C29H20O2S.2ClH.Ti/c30-28-21-10-4-1-7-18(21)13-15-23(28)27(26-17-20-9-3-6-12-25(20)32-26)24-16-14-19-8-2-5-11-22(19)29(24)31;;;/h1-17,27,30-31H;2*1H;/q;;;+4/p-4. The second-order valence-corrected chi connectivity index (χ2v) is 10.3. The Balaban J connectivity index is 0.00000127. The van der Waals surface area contributed by atoms with Crippen LogP contribution in [-0.4, -0.2) is 0 Å². The molecule has 2 heterocycles. The van der Waals surface area contributed by atoms with Gasteiger partial charge in [-0.25, -0.2) is 0 Å². The average molecular weight is 549 g/mol. The van der Waals surface area contributed by atoms with Gasteiger partial charge in [0, 0.05) is 0 Å². The Bertz CT molecular complexity index is 1560. The molecule has 0 amide bonds. The van der Waals surface area contributed by atoms with Crippen molar-refractivity contribution >= 4 is 43.0 Å². The number of hydrogen-bond donors (Lipinski definition) is 0. The first-order chi connectivity index (χ1) is 16.4. The molecule has 170 valence electrons. The molecule has 7 rings (SSSR count). The zero-order valence-corrected chi connectivity index (χ0v) is 22.3. The van der Waals surface area contributed by atoms with Crippen molar-refractivity contribution in [1.29, 1.82) is 0 Å². The van der Waals surface area contributed by atoms with E-state index in [9.17, 15) is 0 Å². The molecule has 2 nitrogen and oxygen atoms in total. The Morgan fingerprint density at radius 2 is 1.09 bits per heavy atom. The third kappa shape index (κ3) is 4.02. The van der Waals surface area contributed by atoms with E-state index in [-0.39, 0.29) is 30.7 Å². The van der Waals surface area contributed by atoms with Crippen molar-refractivity contribution in [1.82, 2.24) is 0 Å². The maximum atomic E-state index is 6.48. The van der Waals surface area contributed by atoms with Gasteiger partial charge < -0.3 is 24.8 Å². The molecule has 5 aromatic carbocycles. The van der Waals surface area contributed by atoms with Crippen LogP contribution in [0.2, 0.25) is 0 Å². The van der Waals surface area contributed by atoms with Crippen LogP contribution in [0.4, 0.5) is 0 Å². The molecule has 0 bridgehead atoms. The topological polar surface area (TPSA) is 18.5 Å². The fraction of sp³-hybridized carbons (Fsp3) is 0.0345. The number of thiophene rings is 1. The van der Waals surface area contributed by atoms with Gasteiger partial charge in [-0.05, 0) is 0 Å². The van der Waals surface area contributed by atoms with Crippen molar-refractivity contribution in [3.63, 3.8) is 0 Å². The number of rotatable bonds is 1. The van der Waals surface area contributed by atoms with E-state index in [1.165, 1.54) is 36.9 Å². The Labute approximate surface area is 229 Å². The van der Waals surface area contributed by atoms with Gasteiger partial charge in [0.2, 0.25) is 0 Å². The summed E-state index contributed by atoms with van der Waals surface area (Å²) in [5.41, 5.74) is 2.42. The van der Waals surface area contributed by atoms with E-state index in [4.69, 9.17) is 6.64 Å². The molecule has 6 aromatic rings. The molecule has 0 aliphatic carbocycles. The van der Waals surface area contributed by atoms with Crippen LogP contribution < -0.4 is 31.5 Å². The van der Waals surface area contributed by atoms with Crippen molar-refractivity contribution in [2.24, 2.45) is 0 Å². The van der Waals surface area contributed by atoms with Crippen LogP contribution in [0, 0.1) is 0 Å². The summed E-state index contributed by atoms with van der Waals surface area (Å²) in [6, 6.07) is 36.8. The van der Waals surface area contributed by atoms with Crippen molar-refractivity contribution < 1.29 is 51.4 Å². The van der Waals surface area contributed by atoms with Crippen LogP contribution in [0.3, 0.4) is 0 Å². The second-order valence-electron chi connectivity index (χ2n) is 8.32. The van der Waals surface area contributed by atoms with Gasteiger partial charge >= 0.3 is 206 Å². The molecule has 1 aliphatic rings. The van der Waals surface area contributed by atoms with Gasteiger partial charge in [0.15, 0.2) is 0 Å². The summed E-state index contributed by atoms with van der Waals surface area (Å²) in [6.07, 6.45) is 0. The van der Waals surface area contributed by atoms with E-state index in [0.717, 1.165) is 22.3 Å². The van der Waals surface area contributed by atoms with Crippen LogP contribution in [0.5, 0.6) is 11.5 Å². The molecular formula is C29H18Cl2O2STi. The molecule has 1 aliphatic heterocycles. The van der Waals surface area contributed by atoms with Gasteiger partial charge in [-0.3, -0.25) is 0 Å². The van der Waals surface area contributed by atoms with Crippen LogP contribution in [0.25, 0.3) is 31.6 Å². The molecule has 0 N–H and O–H groups in total. The van der Waals surface area contributed by atoms with Gasteiger partial charge in [-0.15, -0.1) is 0 Å². The van der Waals surface area contributed by atoms with E-state index >= 15 is 0 Å². The van der Waals surface area contributed by atoms with Crippen molar-refractivity contribution in [3.8, 4) is 11.5 Å². The summed E-state index contributed by atoms with van der Waals surface area (Å²) in [7, 11) is 0. The minimum atomic E-state index is -1.12. The van der Waals surface area contributed by atoms with Crippen LogP contribution in [-0.2, 0) is 19.9 Å². The molecule has 0 spiro atoms. The van der Waals surface area contributed by atoms with E-state index in [0.29, 0.717) is 0 Å². The van der Waals surface area contributed by atoms with Crippen LogP contribution >= 0.6 is 11.3 Å². The van der Waals surface area contributed by atoms with Gasteiger partial charge in [-0.1, -0.05) is 0 Å². The molecule has 0 unspecified atom stereocenters. The van der Waals surface area contributed by atoms with Gasteiger partial charge in [0.25, 0.3) is 0 Å². The fourth-order valence-corrected chi connectivity index (χ4v) is 7.16. The van der Waals surface area contributed by atoms with E-state index in [1.807, 2.05) is 11.3 Å². The molecule has 6 heteroatoms. The molecule has 0 saturated heterocycles. The molecule has 0 atom stereocenters. The van der Waals surface area contributed by atoms with Crippen molar-refractivity contribution in [2.75, 3.05) is 0 Å². The molecule has 35 heavy (non-hydrogen) atoms. The summed E-state index contributed by atoms with van der Waals surface area (Å²) in [6.45, 7) is 0. The normalized spacial score (nSPS) is 12.5. The van der Waals surface area contributed by atoms with Crippen molar-refractivity contribution in [2.45, 2.75) is 5.92 Å². The monoisotopic (exact) mass is 548 g/mol. The summed E-state index contributed by atoms with van der Waals surface area (Å²) in [5, 5.41) is 5.96. The summed E-state index contributed by atoms with van der Waals surface area (Å²) in [4.78, 5) is 1.30. The zero-order valence-electron chi connectivity index (χ0n) is 18.4. The fourth-order valence-electron chi connectivity index (χ4n) is 4.93. The van der Waals surface area contributed by atoms with Crippen molar-refractivity contribution in [3.05, 3.63) is 119 Å². The number of halogens is 2. The molecule has 0 radical (unpaired) electrons. The first kappa shape index (κ1) is 24.2. The zero-order chi connectivity index (χ0) is 21.8. The molecule has 0 saturated carbocycles. The first-order valence-electron chi connectivity index (χ1n) is 11.0. The van der Waals surface area contributed by atoms with E-state index < -0.39 is 19.9 Å². The van der Waals surface area contributed by atoms with E-state index in [1.54, 1.807) is 0 Å². The molecule has 0 fully saturated rings.